The predicted octanol–water partition coefficient (Wildman–Crippen LogP) is 3.58. The van der Waals surface area contributed by atoms with Crippen LogP contribution in [-0.4, -0.2) is 11.9 Å². The Morgan fingerprint density at radius 1 is 1.33 bits per heavy atom. The van der Waals surface area contributed by atoms with Crippen molar-refractivity contribution in [2.45, 2.75) is 37.9 Å². The molecule has 1 aliphatic carbocycles. The molecular formula is C14H18ClF3N2O. The molecule has 0 unspecified atom stereocenters. The molecule has 3 N–H and O–H groups in total. The van der Waals surface area contributed by atoms with Gasteiger partial charge in [0, 0.05) is 18.2 Å². The fourth-order valence-corrected chi connectivity index (χ4v) is 2.54. The molecule has 1 aromatic rings. The van der Waals surface area contributed by atoms with Crippen LogP contribution >= 0.6 is 12.4 Å². The molecule has 1 aromatic carbocycles. The molecule has 0 aliphatic heterocycles. The van der Waals surface area contributed by atoms with E-state index in [4.69, 9.17) is 5.73 Å². The van der Waals surface area contributed by atoms with Crippen LogP contribution in [0.3, 0.4) is 0 Å². The maximum atomic E-state index is 12.6. The minimum Gasteiger partial charge on any atom is -0.327 e. The van der Waals surface area contributed by atoms with E-state index in [9.17, 15) is 18.0 Å². The number of rotatable bonds is 3. The normalized spacial score (nSPS) is 21.7. The third-order valence-electron chi connectivity index (χ3n) is 3.64. The number of hydrogen-bond acceptors (Lipinski definition) is 2. The highest BCUT2D eigenvalue weighted by atomic mass is 35.5. The van der Waals surface area contributed by atoms with Gasteiger partial charge in [-0.3, -0.25) is 4.79 Å². The van der Waals surface area contributed by atoms with Crippen LogP contribution in [0.4, 0.5) is 18.9 Å². The number of halogens is 4. The largest absolute Gasteiger partial charge is 0.416 e. The van der Waals surface area contributed by atoms with Crippen LogP contribution in [-0.2, 0) is 11.0 Å². The Bertz CT molecular complexity index is 493. The van der Waals surface area contributed by atoms with Gasteiger partial charge in [-0.25, -0.2) is 0 Å². The van der Waals surface area contributed by atoms with Crippen molar-refractivity contribution < 1.29 is 18.0 Å². The Morgan fingerprint density at radius 3 is 2.62 bits per heavy atom. The average molecular weight is 323 g/mol. The summed E-state index contributed by atoms with van der Waals surface area (Å²) in [4.78, 5) is 11.8. The molecule has 118 valence electrons. The number of nitrogens with one attached hydrogen (secondary N) is 1. The van der Waals surface area contributed by atoms with Crippen molar-refractivity contribution in [3.05, 3.63) is 29.8 Å². The molecule has 2 rings (SSSR count). The van der Waals surface area contributed by atoms with Gasteiger partial charge < -0.3 is 11.1 Å². The molecule has 7 heteroatoms. The van der Waals surface area contributed by atoms with Crippen molar-refractivity contribution in [1.29, 1.82) is 0 Å². The molecule has 1 aliphatic rings. The van der Waals surface area contributed by atoms with E-state index < -0.39 is 11.7 Å². The Morgan fingerprint density at radius 2 is 2.05 bits per heavy atom. The summed E-state index contributed by atoms with van der Waals surface area (Å²) < 4.78 is 37.7. The van der Waals surface area contributed by atoms with Gasteiger partial charge in [0.15, 0.2) is 0 Å². The number of nitrogens with two attached hydrogens (primary N) is 1. The first-order valence-electron chi connectivity index (χ1n) is 6.59. The van der Waals surface area contributed by atoms with Crippen LogP contribution in [0, 0.1) is 5.92 Å². The fourth-order valence-electron chi connectivity index (χ4n) is 2.54. The standard InChI is InChI=1S/C14H17F3N2O.ClH/c15-14(16,17)10-4-2-5-11(8-10)19-13(20)7-9-3-1-6-12(9)18;/h2,4-5,8-9,12H,1,3,6-7,18H2,(H,19,20);1H/t9-,12+;/m0./s1. The van der Waals surface area contributed by atoms with Gasteiger partial charge in [-0.15, -0.1) is 12.4 Å². The van der Waals surface area contributed by atoms with Gasteiger partial charge in [0.25, 0.3) is 0 Å². The van der Waals surface area contributed by atoms with E-state index in [0.29, 0.717) is 0 Å². The quantitative estimate of drug-likeness (QED) is 0.893. The topological polar surface area (TPSA) is 55.1 Å². The number of carbonyl (C=O) groups is 1. The number of anilines is 1. The number of amides is 1. The smallest absolute Gasteiger partial charge is 0.327 e. The van der Waals surface area contributed by atoms with E-state index in [2.05, 4.69) is 5.32 Å². The molecule has 0 radical (unpaired) electrons. The summed E-state index contributed by atoms with van der Waals surface area (Å²) >= 11 is 0. The van der Waals surface area contributed by atoms with Crippen LogP contribution in [0.2, 0.25) is 0 Å². The molecule has 1 fully saturated rings. The maximum absolute atomic E-state index is 12.6. The molecule has 0 aromatic heterocycles. The average Bonchev–Trinajstić information content (AvgIpc) is 2.74. The SMILES string of the molecule is Cl.N[C@@H]1CCC[C@H]1CC(=O)Nc1cccc(C(F)(F)F)c1. The lowest BCUT2D eigenvalue weighted by Gasteiger charge is -2.15. The second kappa shape index (κ2) is 7.13. The van der Waals surface area contributed by atoms with E-state index in [1.807, 2.05) is 0 Å². The van der Waals surface area contributed by atoms with Crippen molar-refractivity contribution in [2.75, 3.05) is 5.32 Å². The number of carbonyl (C=O) groups excluding carboxylic acids is 1. The van der Waals surface area contributed by atoms with Crippen LogP contribution in [0.5, 0.6) is 0 Å². The van der Waals surface area contributed by atoms with Gasteiger partial charge in [0.05, 0.1) is 5.56 Å². The highest BCUT2D eigenvalue weighted by Gasteiger charge is 2.30. The van der Waals surface area contributed by atoms with E-state index in [1.54, 1.807) is 0 Å². The summed E-state index contributed by atoms with van der Waals surface area (Å²) in [5.41, 5.74) is 5.27. The lowest BCUT2D eigenvalue weighted by molar-refractivity contribution is -0.137. The van der Waals surface area contributed by atoms with Gasteiger partial charge in [-0.2, -0.15) is 13.2 Å². The molecule has 0 saturated heterocycles. The summed E-state index contributed by atoms with van der Waals surface area (Å²) in [6.07, 6.45) is -1.34. The molecular weight excluding hydrogens is 305 g/mol. The van der Waals surface area contributed by atoms with Crippen molar-refractivity contribution >= 4 is 24.0 Å². The van der Waals surface area contributed by atoms with Crippen molar-refractivity contribution in [1.82, 2.24) is 0 Å². The van der Waals surface area contributed by atoms with Crippen LogP contribution in [0.25, 0.3) is 0 Å². The van der Waals surface area contributed by atoms with E-state index in [-0.39, 0.29) is 42.4 Å². The Hall–Kier alpha value is -1.27. The molecule has 2 atom stereocenters. The summed E-state index contributed by atoms with van der Waals surface area (Å²) in [6, 6.07) is 4.65. The summed E-state index contributed by atoms with van der Waals surface area (Å²) in [5.74, 6) is -0.160. The molecule has 0 spiro atoms. The second-order valence-corrected chi connectivity index (χ2v) is 5.19. The first-order chi connectivity index (χ1) is 9.36. The number of benzene rings is 1. The zero-order valence-corrected chi connectivity index (χ0v) is 12.1. The third-order valence-corrected chi connectivity index (χ3v) is 3.64. The van der Waals surface area contributed by atoms with Crippen LogP contribution in [0.1, 0.15) is 31.2 Å². The minimum absolute atomic E-state index is 0. The molecule has 1 amide bonds. The highest BCUT2D eigenvalue weighted by molar-refractivity contribution is 5.91. The third kappa shape index (κ3) is 4.89. The molecule has 0 heterocycles. The van der Waals surface area contributed by atoms with Crippen molar-refractivity contribution in [2.24, 2.45) is 11.7 Å². The lowest BCUT2D eigenvalue weighted by Crippen LogP contribution is -2.28. The summed E-state index contributed by atoms with van der Waals surface area (Å²) in [6.45, 7) is 0. The van der Waals surface area contributed by atoms with E-state index >= 15 is 0 Å². The van der Waals surface area contributed by atoms with E-state index in [1.165, 1.54) is 12.1 Å². The number of alkyl halides is 3. The van der Waals surface area contributed by atoms with Gasteiger partial charge in [-0.05, 0) is 37.0 Å². The summed E-state index contributed by atoms with van der Waals surface area (Å²) in [7, 11) is 0. The maximum Gasteiger partial charge on any atom is 0.416 e. The van der Waals surface area contributed by atoms with Crippen molar-refractivity contribution in [3.8, 4) is 0 Å². The molecule has 21 heavy (non-hydrogen) atoms. The van der Waals surface area contributed by atoms with E-state index in [0.717, 1.165) is 31.4 Å². The molecule has 0 bridgehead atoms. The zero-order valence-electron chi connectivity index (χ0n) is 11.3. The first kappa shape index (κ1) is 17.8. The van der Waals surface area contributed by atoms with Gasteiger partial charge in [0.2, 0.25) is 5.91 Å². The van der Waals surface area contributed by atoms with Gasteiger partial charge >= 0.3 is 6.18 Å². The Kier molecular flexibility index (Phi) is 6.04. The summed E-state index contributed by atoms with van der Waals surface area (Å²) in [5, 5.41) is 2.51. The zero-order chi connectivity index (χ0) is 14.8. The minimum atomic E-state index is -4.41. The predicted molar refractivity (Wildman–Crippen MR) is 77.3 cm³/mol. The van der Waals surface area contributed by atoms with Crippen molar-refractivity contribution in [3.63, 3.8) is 0 Å². The van der Waals surface area contributed by atoms with Crippen LogP contribution < -0.4 is 11.1 Å². The second-order valence-electron chi connectivity index (χ2n) is 5.19. The number of hydrogen-bond donors (Lipinski definition) is 2. The Balaban J connectivity index is 0.00000220. The molecule has 3 nitrogen and oxygen atoms in total. The highest BCUT2D eigenvalue weighted by Crippen LogP contribution is 2.31. The first-order valence-corrected chi connectivity index (χ1v) is 6.59. The fraction of sp³-hybridized carbons (Fsp3) is 0.500. The van der Waals surface area contributed by atoms with Gasteiger partial charge in [0.1, 0.15) is 0 Å². The lowest BCUT2D eigenvalue weighted by atomic mass is 10.00. The monoisotopic (exact) mass is 322 g/mol. The van der Waals surface area contributed by atoms with Crippen LogP contribution in [0.15, 0.2) is 24.3 Å². The van der Waals surface area contributed by atoms with Gasteiger partial charge in [-0.1, -0.05) is 12.5 Å². The molecule has 1 saturated carbocycles. The Labute approximate surface area is 127 Å².